The number of hydrogen-bond donors (Lipinski definition) is 1. The predicted octanol–water partition coefficient (Wildman–Crippen LogP) is 2.10. The smallest absolute Gasteiger partial charge is 0.172 e. The lowest BCUT2D eigenvalue weighted by atomic mass is 10.2. The molecule has 0 radical (unpaired) electrons. The van der Waals surface area contributed by atoms with Crippen LogP contribution in [0.15, 0.2) is 34.7 Å². The maximum Gasteiger partial charge on any atom is 0.172 e. The van der Waals surface area contributed by atoms with Gasteiger partial charge < -0.3 is 9.52 Å². The molecule has 13 heavy (non-hydrogen) atoms. The van der Waals surface area contributed by atoms with E-state index in [0.717, 1.165) is 11.0 Å². The van der Waals surface area contributed by atoms with Crippen LogP contribution in [0.4, 0.5) is 0 Å². The molecule has 1 aromatic carbocycles. The zero-order valence-electron chi connectivity index (χ0n) is 6.90. The highest BCUT2D eigenvalue weighted by Crippen LogP contribution is 2.22. The predicted molar refractivity (Wildman–Crippen MR) is 50.0 cm³/mol. The van der Waals surface area contributed by atoms with Crippen LogP contribution in [-0.2, 0) is 0 Å². The summed E-state index contributed by atoms with van der Waals surface area (Å²) in [7, 11) is 0. The van der Waals surface area contributed by atoms with Crippen LogP contribution < -0.4 is 0 Å². The van der Waals surface area contributed by atoms with Crippen LogP contribution >= 0.6 is 0 Å². The number of furan rings is 1. The van der Waals surface area contributed by atoms with Crippen molar-refractivity contribution in [3.05, 3.63) is 36.1 Å². The van der Waals surface area contributed by atoms with Crippen molar-refractivity contribution >= 4 is 11.0 Å². The Morgan fingerprint density at radius 2 is 2.15 bits per heavy atom. The number of aliphatic hydroxyl groups is 1. The summed E-state index contributed by atoms with van der Waals surface area (Å²) >= 11 is 0. The molecule has 1 unspecified atom stereocenters. The molecule has 1 aromatic heterocycles. The quantitative estimate of drug-likeness (QED) is 0.668. The Hall–Kier alpha value is -1.72. The van der Waals surface area contributed by atoms with Gasteiger partial charge in [0.1, 0.15) is 11.3 Å². The van der Waals surface area contributed by atoms with Gasteiger partial charge in [0.2, 0.25) is 0 Å². The first kappa shape index (κ1) is 7.90. The highest BCUT2D eigenvalue weighted by atomic mass is 16.4. The number of para-hydroxylation sites is 1. The van der Waals surface area contributed by atoms with Gasteiger partial charge in [-0.1, -0.05) is 24.1 Å². The summed E-state index contributed by atoms with van der Waals surface area (Å²) in [6.45, 7) is 0. The van der Waals surface area contributed by atoms with E-state index in [0.29, 0.717) is 5.76 Å². The molecule has 1 atom stereocenters. The molecule has 64 valence electrons. The van der Waals surface area contributed by atoms with Crippen LogP contribution in [0.2, 0.25) is 0 Å². The Morgan fingerprint density at radius 1 is 1.38 bits per heavy atom. The standard InChI is InChI=1S/C11H8O2/c1-2-9(12)11-7-8-5-3-4-6-10(8)13-11/h1,3-7,9,12H. The van der Waals surface area contributed by atoms with Crippen molar-refractivity contribution in [1.29, 1.82) is 0 Å². The topological polar surface area (TPSA) is 33.4 Å². The fourth-order valence-corrected chi connectivity index (χ4v) is 1.22. The van der Waals surface area contributed by atoms with Gasteiger partial charge in [0.15, 0.2) is 6.10 Å². The van der Waals surface area contributed by atoms with E-state index in [-0.39, 0.29) is 0 Å². The van der Waals surface area contributed by atoms with Gasteiger partial charge in [-0.25, -0.2) is 0 Å². The first-order valence-corrected chi connectivity index (χ1v) is 3.94. The van der Waals surface area contributed by atoms with E-state index < -0.39 is 6.10 Å². The van der Waals surface area contributed by atoms with Crippen LogP contribution in [0.3, 0.4) is 0 Å². The third-order valence-corrected chi connectivity index (χ3v) is 1.87. The van der Waals surface area contributed by atoms with E-state index in [4.69, 9.17) is 10.8 Å². The summed E-state index contributed by atoms with van der Waals surface area (Å²) < 4.78 is 5.33. The van der Waals surface area contributed by atoms with E-state index in [9.17, 15) is 5.11 Å². The lowest BCUT2D eigenvalue weighted by Crippen LogP contribution is -1.88. The maximum atomic E-state index is 9.30. The van der Waals surface area contributed by atoms with Crippen molar-refractivity contribution in [2.45, 2.75) is 6.10 Å². The van der Waals surface area contributed by atoms with Crippen LogP contribution in [0.25, 0.3) is 11.0 Å². The van der Waals surface area contributed by atoms with Gasteiger partial charge in [0.25, 0.3) is 0 Å². The molecule has 0 saturated heterocycles. The Morgan fingerprint density at radius 3 is 2.85 bits per heavy atom. The van der Waals surface area contributed by atoms with Gasteiger partial charge in [-0.15, -0.1) is 6.42 Å². The van der Waals surface area contributed by atoms with Crippen molar-refractivity contribution in [1.82, 2.24) is 0 Å². The summed E-state index contributed by atoms with van der Waals surface area (Å²) in [4.78, 5) is 0. The van der Waals surface area contributed by atoms with Crippen LogP contribution in [0, 0.1) is 12.3 Å². The molecule has 2 rings (SSSR count). The monoisotopic (exact) mass is 172 g/mol. The Kier molecular flexibility index (Phi) is 1.80. The fraction of sp³-hybridized carbons (Fsp3) is 0.0909. The van der Waals surface area contributed by atoms with E-state index in [1.807, 2.05) is 24.3 Å². The molecule has 2 aromatic rings. The van der Waals surface area contributed by atoms with E-state index in [2.05, 4.69) is 5.92 Å². The SMILES string of the molecule is C#CC(O)c1cc2ccccc2o1. The lowest BCUT2D eigenvalue weighted by Gasteiger charge is -1.94. The zero-order valence-corrected chi connectivity index (χ0v) is 6.90. The minimum Gasteiger partial charge on any atom is -0.457 e. The Labute approximate surface area is 75.8 Å². The molecule has 0 amide bonds. The molecule has 2 heteroatoms. The van der Waals surface area contributed by atoms with Crippen molar-refractivity contribution in [3.8, 4) is 12.3 Å². The number of rotatable bonds is 1. The van der Waals surface area contributed by atoms with Gasteiger partial charge >= 0.3 is 0 Å². The second kappa shape index (κ2) is 2.96. The van der Waals surface area contributed by atoms with Gasteiger partial charge in [0, 0.05) is 5.39 Å². The largest absolute Gasteiger partial charge is 0.457 e. The van der Waals surface area contributed by atoms with E-state index in [1.165, 1.54) is 0 Å². The molecule has 2 nitrogen and oxygen atoms in total. The van der Waals surface area contributed by atoms with Crippen molar-refractivity contribution in [2.24, 2.45) is 0 Å². The normalized spacial score (nSPS) is 12.6. The number of benzene rings is 1. The zero-order chi connectivity index (χ0) is 9.26. The highest BCUT2D eigenvalue weighted by molar-refractivity contribution is 5.77. The van der Waals surface area contributed by atoms with Gasteiger partial charge in [-0.3, -0.25) is 0 Å². The molecule has 0 aliphatic carbocycles. The number of aliphatic hydroxyl groups excluding tert-OH is 1. The third-order valence-electron chi connectivity index (χ3n) is 1.87. The summed E-state index contributed by atoms with van der Waals surface area (Å²) in [5.74, 6) is 2.62. The fourth-order valence-electron chi connectivity index (χ4n) is 1.22. The average molecular weight is 172 g/mol. The van der Waals surface area contributed by atoms with Crippen LogP contribution in [0.1, 0.15) is 11.9 Å². The molecule has 0 aliphatic heterocycles. The second-order valence-corrected chi connectivity index (χ2v) is 2.76. The van der Waals surface area contributed by atoms with Gasteiger partial charge in [0.05, 0.1) is 0 Å². The molecule has 0 aliphatic rings. The summed E-state index contributed by atoms with van der Waals surface area (Å²) in [5.41, 5.74) is 0.742. The molecule has 1 N–H and O–H groups in total. The first-order chi connectivity index (χ1) is 6.31. The molecule has 0 bridgehead atoms. The minimum atomic E-state index is -0.951. The maximum absolute atomic E-state index is 9.30. The molecule has 0 fully saturated rings. The molecule has 1 heterocycles. The van der Waals surface area contributed by atoms with Crippen LogP contribution in [-0.4, -0.2) is 5.11 Å². The molecular formula is C11H8O2. The number of fused-ring (bicyclic) bond motifs is 1. The third kappa shape index (κ3) is 1.30. The minimum absolute atomic E-state index is 0.420. The van der Waals surface area contributed by atoms with Crippen molar-refractivity contribution in [3.63, 3.8) is 0 Å². The Balaban J connectivity index is 2.57. The van der Waals surface area contributed by atoms with Crippen molar-refractivity contribution in [2.75, 3.05) is 0 Å². The number of terminal acetylenes is 1. The summed E-state index contributed by atoms with van der Waals surface area (Å²) in [6, 6.07) is 9.27. The molecule has 0 saturated carbocycles. The second-order valence-electron chi connectivity index (χ2n) is 2.76. The Bertz CT molecular complexity index is 429. The van der Waals surface area contributed by atoms with E-state index in [1.54, 1.807) is 6.07 Å². The molecule has 0 spiro atoms. The van der Waals surface area contributed by atoms with Gasteiger partial charge in [-0.2, -0.15) is 0 Å². The lowest BCUT2D eigenvalue weighted by molar-refractivity contribution is 0.209. The van der Waals surface area contributed by atoms with Crippen LogP contribution in [0.5, 0.6) is 0 Å². The van der Waals surface area contributed by atoms with Crippen molar-refractivity contribution < 1.29 is 9.52 Å². The highest BCUT2D eigenvalue weighted by Gasteiger charge is 2.09. The van der Waals surface area contributed by atoms with Gasteiger partial charge in [-0.05, 0) is 12.1 Å². The number of hydrogen-bond acceptors (Lipinski definition) is 2. The average Bonchev–Trinajstić information content (AvgIpc) is 2.59. The molecular weight excluding hydrogens is 164 g/mol. The van der Waals surface area contributed by atoms with E-state index >= 15 is 0 Å². The summed E-state index contributed by atoms with van der Waals surface area (Å²) in [5, 5.41) is 10.3. The first-order valence-electron chi connectivity index (χ1n) is 3.94. The summed E-state index contributed by atoms with van der Waals surface area (Å²) in [6.07, 6.45) is 4.11.